The Kier molecular flexibility index (Phi) is 2.47. The summed E-state index contributed by atoms with van der Waals surface area (Å²) in [7, 11) is 0. The van der Waals surface area contributed by atoms with Crippen molar-refractivity contribution in [3.8, 4) is 0 Å². The summed E-state index contributed by atoms with van der Waals surface area (Å²) in [5, 5.41) is 0. The van der Waals surface area contributed by atoms with Gasteiger partial charge in [0, 0.05) is 5.41 Å². The van der Waals surface area contributed by atoms with Crippen LogP contribution in [0.15, 0.2) is 11.6 Å². The maximum absolute atomic E-state index is 5.89. The van der Waals surface area contributed by atoms with Crippen LogP contribution >= 0.6 is 0 Å². The lowest BCUT2D eigenvalue weighted by Crippen LogP contribution is -2.62. The molecule has 4 atom stereocenters. The van der Waals surface area contributed by atoms with Crippen molar-refractivity contribution in [3.05, 3.63) is 11.6 Å². The van der Waals surface area contributed by atoms with Crippen LogP contribution in [0.5, 0.6) is 0 Å². The van der Waals surface area contributed by atoms with Crippen LogP contribution in [0.4, 0.5) is 0 Å². The zero-order valence-electron chi connectivity index (χ0n) is 11.5. The maximum atomic E-state index is 5.89. The molecule has 4 rings (SSSR count). The zero-order chi connectivity index (χ0) is 12.3. The molecule has 2 heterocycles. The molecule has 1 saturated carbocycles. The summed E-state index contributed by atoms with van der Waals surface area (Å²) in [6, 6.07) is 0. The topological polar surface area (TPSA) is 18.5 Å². The summed E-state index contributed by atoms with van der Waals surface area (Å²) in [5.74, 6) is 1.13. The second-order valence-electron chi connectivity index (χ2n) is 6.82. The minimum atomic E-state index is -0.153. The molecule has 1 saturated heterocycles. The normalized spacial score (nSPS) is 49.1. The molecule has 0 radical (unpaired) electrons. The van der Waals surface area contributed by atoms with E-state index >= 15 is 0 Å². The highest BCUT2D eigenvalue weighted by atomic mass is 17.2. The van der Waals surface area contributed by atoms with Gasteiger partial charge in [-0.25, -0.2) is 9.78 Å². The lowest BCUT2D eigenvalue weighted by atomic mass is 9.53. The average Bonchev–Trinajstić information content (AvgIpc) is 2.28. The van der Waals surface area contributed by atoms with E-state index in [1.807, 2.05) is 0 Å². The fourth-order valence-electron chi connectivity index (χ4n) is 4.22. The third-order valence-electron chi connectivity index (χ3n) is 5.40. The van der Waals surface area contributed by atoms with Gasteiger partial charge in [0.15, 0.2) is 0 Å². The fraction of sp³-hybridized carbons (Fsp3) is 0.867. The van der Waals surface area contributed by atoms with Crippen molar-refractivity contribution >= 4 is 0 Å². The van der Waals surface area contributed by atoms with E-state index in [0.717, 1.165) is 6.42 Å². The van der Waals surface area contributed by atoms with Crippen molar-refractivity contribution < 1.29 is 9.78 Å². The third kappa shape index (κ3) is 1.40. The van der Waals surface area contributed by atoms with E-state index in [4.69, 9.17) is 9.78 Å². The van der Waals surface area contributed by atoms with Gasteiger partial charge in [-0.1, -0.05) is 34.1 Å². The van der Waals surface area contributed by atoms with E-state index in [-0.39, 0.29) is 17.1 Å². The molecule has 0 aromatic carbocycles. The Hall–Kier alpha value is -0.340. The predicted octanol–water partition coefficient (Wildman–Crippen LogP) is 3.87. The largest absolute Gasteiger partial charge is 0.228 e. The summed E-state index contributed by atoms with van der Waals surface area (Å²) in [5.41, 5.74) is 1.59. The molecule has 2 heteroatoms. The second kappa shape index (κ2) is 3.58. The Labute approximate surface area is 104 Å². The molecule has 2 bridgehead atoms. The van der Waals surface area contributed by atoms with Gasteiger partial charge in [-0.05, 0) is 42.7 Å². The monoisotopic (exact) mass is 236 g/mol. The van der Waals surface area contributed by atoms with E-state index in [1.54, 1.807) is 0 Å². The van der Waals surface area contributed by atoms with Gasteiger partial charge in [0.1, 0.15) is 11.7 Å². The number of rotatable bonds is 1. The van der Waals surface area contributed by atoms with Gasteiger partial charge in [0.2, 0.25) is 0 Å². The Morgan fingerprint density at radius 1 is 1.41 bits per heavy atom. The van der Waals surface area contributed by atoms with Gasteiger partial charge < -0.3 is 0 Å². The molecule has 0 amide bonds. The molecule has 1 spiro atoms. The zero-order valence-corrected chi connectivity index (χ0v) is 11.5. The van der Waals surface area contributed by atoms with E-state index in [9.17, 15) is 0 Å². The summed E-state index contributed by atoms with van der Waals surface area (Å²) in [6.45, 7) is 9.24. The molecule has 0 aromatic heterocycles. The highest BCUT2D eigenvalue weighted by Crippen LogP contribution is 2.60. The molecule has 0 aromatic rings. The first kappa shape index (κ1) is 11.7. The molecule has 2 aliphatic heterocycles. The van der Waals surface area contributed by atoms with Crippen molar-refractivity contribution in [2.24, 2.45) is 17.3 Å². The first-order chi connectivity index (χ1) is 7.98. The lowest BCUT2D eigenvalue weighted by Gasteiger charge is -2.60. The van der Waals surface area contributed by atoms with Gasteiger partial charge in [-0.3, -0.25) is 0 Å². The van der Waals surface area contributed by atoms with Gasteiger partial charge in [0.25, 0.3) is 0 Å². The van der Waals surface area contributed by atoms with E-state index in [1.165, 1.54) is 24.8 Å². The number of fused-ring (bicyclic) bond motifs is 1. The van der Waals surface area contributed by atoms with E-state index < -0.39 is 0 Å². The van der Waals surface area contributed by atoms with Crippen molar-refractivity contribution in [1.82, 2.24) is 0 Å². The summed E-state index contributed by atoms with van der Waals surface area (Å²) in [6.07, 6.45) is 7.64. The minimum Gasteiger partial charge on any atom is -0.228 e. The first-order valence-electron chi connectivity index (χ1n) is 7.06. The van der Waals surface area contributed by atoms with Crippen LogP contribution in [0.2, 0.25) is 0 Å². The van der Waals surface area contributed by atoms with Crippen LogP contribution in [-0.2, 0) is 9.78 Å². The first-order valence-corrected chi connectivity index (χ1v) is 7.06. The Balaban J connectivity index is 2.09. The minimum absolute atomic E-state index is 0.153. The number of hydrogen-bond acceptors (Lipinski definition) is 2. The SMILES string of the molecule is CC(C)C1=C[C@]23OO[C@H]1C[C@@]2(C)CCC[C@H]3C. The van der Waals surface area contributed by atoms with E-state index in [0.29, 0.717) is 11.8 Å². The Bertz CT molecular complexity index is 360. The second-order valence-corrected chi connectivity index (χ2v) is 6.82. The predicted molar refractivity (Wildman–Crippen MR) is 67.3 cm³/mol. The molecule has 96 valence electrons. The van der Waals surface area contributed by atoms with Gasteiger partial charge in [-0.15, -0.1) is 0 Å². The van der Waals surface area contributed by atoms with Crippen LogP contribution in [0, 0.1) is 17.3 Å². The van der Waals surface area contributed by atoms with Gasteiger partial charge >= 0.3 is 0 Å². The fourth-order valence-corrected chi connectivity index (χ4v) is 4.22. The molecular formula is C15H24O2. The van der Waals surface area contributed by atoms with Gasteiger partial charge in [0.05, 0.1) is 0 Å². The van der Waals surface area contributed by atoms with Crippen molar-refractivity contribution in [2.45, 2.75) is 65.1 Å². The lowest BCUT2D eigenvalue weighted by molar-refractivity contribution is -0.445. The average molecular weight is 236 g/mol. The van der Waals surface area contributed by atoms with Gasteiger partial charge in [-0.2, -0.15) is 0 Å². The quantitative estimate of drug-likeness (QED) is 0.508. The Morgan fingerprint density at radius 3 is 2.88 bits per heavy atom. The van der Waals surface area contributed by atoms with E-state index in [2.05, 4.69) is 33.8 Å². The smallest absolute Gasteiger partial charge is 0.130 e. The highest BCUT2D eigenvalue weighted by Gasteiger charge is 2.61. The highest BCUT2D eigenvalue weighted by molar-refractivity contribution is 5.30. The molecule has 2 fully saturated rings. The van der Waals surface area contributed by atoms with Crippen LogP contribution in [0.25, 0.3) is 0 Å². The molecular weight excluding hydrogens is 212 g/mol. The maximum Gasteiger partial charge on any atom is 0.130 e. The van der Waals surface area contributed by atoms with Crippen molar-refractivity contribution in [3.63, 3.8) is 0 Å². The molecule has 2 aliphatic carbocycles. The summed E-state index contributed by atoms with van der Waals surface area (Å²) in [4.78, 5) is 11.6. The van der Waals surface area contributed by atoms with Crippen LogP contribution in [0.3, 0.4) is 0 Å². The standard InChI is InChI=1S/C15H24O2/c1-10(2)12-8-15-11(3)6-5-7-14(15,4)9-13(12)16-17-15/h8,10-11,13H,5-7,9H2,1-4H3/t11-,13+,14-,15-/m1/s1. The third-order valence-corrected chi connectivity index (χ3v) is 5.40. The molecule has 2 nitrogen and oxygen atoms in total. The van der Waals surface area contributed by atoms with Crippen LogP contribution in [-0.4, -0.2) is 11.7 Å². The summed E-state index contributed by atoms with van der Waals surface area (Å²) < 4.78 is 0. The summed E-state index contributed by atoms with van der Waals surface area (Å²) >= 11 is 0. The van der Waals surface area contributed by atoms with Crippen LogP contribution in [0.1, 0.15) is 53.4 Å². The molecule has 0 N–H and O–H groups in total. The molecule has 0 unspecified atom stereocenters. The Morgan fingerprint density at radius 2 is 2.18 bits per heavy atom. The molecule has 4 aliphatic rings. The van der Waals surface area contributed by atoms with Crippen molar-refractivity contribution in [1.29, 1.82) is 0 Å². The molecule has 17 heavy (non-hydrogen) atoms. The van der Waals surface area contributed by atoms with Crippen molar-refractivity contribution in [2.75, 3.05) is 0 Å². The number of hydrogen-bond donors (Lipinski definition) is 0. The van der Waals surface area contributed by atoms with Crippen LogP contribution < -0.4 is 0 Å².